The topological polar surface area (TPSA) is 92.2 Å². The summed E-state index contributed by atoms with van der Waals surface area (Å²) in [5.41, 5.74) is 8.37. The highest BCUT2D eigenvalue weighted by Crippen LogP contribution is 2.42. The van der Waals surface area contributed by atoms with Crippen molar-refractivity contribution < 1.29 is 19.4 Å². The molecule has 2 atom stereocenters. The highest BCUT2D eigenvalue weighted by Gasteiger charge is 2.53. The second-order valence-corrected chi connectivity index (χ2v) is 11.6. The molecule has 4 aromatic rings. The number of hydrogen-bond donors (Lipinski definition) is 3. The summed E-state index contributed by atoms with van der Waals surface area (Å²) in [5.74, 6) is 0.764. The lowest BCUT2D eigenvalue weighted by Gasteiger charge is -2.31. The molecule has 5 rings (SSSR count). The fourth-order valence-electron chi connectivity index (χ4n) is 4.94. The normalized spacial score (nSPS) is 17.7. The zero-order valence-corrected chi connectivity index (χ0v) is 25.9. The molecule has 3 N–H and O–H groups in total. The van der Waals surface area contributed by atoms with E-state index in [1.165, 1.54) is 0 Å². The van der Waals surface area contributed by atoms with Crippen molar-refractivity contribution in [2.75, 3.05) is 19.8 Å². The van der Waals surface area contributed by atoms with Gasteiger partial charge in [0.15, 0.2) is 11.6 Å². The van der Waals surface area contributed by atoms with E-state index in [0.29, 0.717) is 49.1 Å². The van der Waals surface area contributed by atoms with Crippen molar-refractivity contribution in [2.45, 2.75) is 30.9 Å². The number of carbonyl (C=O) groups excluding carboxylic acids is 1. The Hall–Kier alpha value is -3.69. The smallest absolute Gasteiger partial charge is 0.266 e. The maximum atomic E-state index is 14.2. The van der Waals surface area contributed by atoms with Crippen LogP contribution in [0.4, 0.5) is 0 Å². The number of amides is 1. The number of ether oxygens (including phenoxy) is 2. The van der Waals surface area contributed by atoms with Crippen LogP contribution >= 0.6 is 27.5 Å². The molecule has 0 bridgehead atoms. The van der Waals surface area contributed by atoms with Gasteiger partial charge in [0.1, 0.15) is 5.75 Å². The van der Waals surface area contributed by atoms with Crippen LogP contribution < -0.4 is 15.6 Å². The third kappa shape index (κ3) is 7.83. The first-order chi connectivity index (χ1) is 21.0. The summed E-state index contributed by atoms with van der Waals surface area (Å²) in [4.78, 5) is 19.3. The van der Waals surface area contributed by atoms with Crippen LogP contribution in [0.3, 0.4) is 0 Å². The van der Waals surface area contributed by atoms with Crippen molar-refractivity contribution in [1.29, 1.82) is 0 Å². The first-order valence-electron chi connectivity index (χ1n) is 14.1. The summed E-state index contributed by atoms with van der Waals surface area (Å²) in [7, 11) is 0. The lowest BCUT2D eigenvalue weighted by atomic mass is 9.82. The molecule has 222 valence electrons. The van der Waals surface area contributed by atoms with Gasteiger partial charge in [-0.1, -0.05) is 82.1 Å². The summed E-state index contributed by atoms with van der Waals surface area (Å²) < 4.78 is 13.2. The third-order valence-corrected chi connectivity index (χ3v) is 7.95. The molecule has 1 amide bonds. The monoisotopic (exact) mass is 661 g/mol. The number of carbonyl (C=O) groups is 1. The van der Waals surface area contributed by atoms with Crippen molar-refractivity contribution in [3.63, 3.8) is 0 Å². The van der Waals surface area contributed by atoms with E-state index in [1.807, 2.05) is 103 Å². The van der Waals surface area contributed by atoms with Crippen LogP contribution in [0, 0.1) is 0 Å². The molecule has 7 nitrogen and oxygen atoms in total. The average Bonchev–Trinajstić information content (AvgIpc) is 3.41. The van der Waals surface area contributed by atoms with Crippen LogP contribution in [-0.4, -0.2) is 42.2 Å². The predicted octanol–water partition coefficient (Wildman–Crippen LogP) is 6.23. The summed E-state index contributed by atoms with van der Waals surface area (Å²) >= 11 is 9.53. The average molecular weight is 663 g/mol. The number of aliphatic imine (C=N–C) groups is 1. The Kier molecular flexibility index (Phi) is 10.5. The number of nitrogens with one attached hydrogen (secondary N) is 2. The highest BCUT2D eigenvalue weighted by molar-refractivity contribution is 9.10. The Labute approximate surface area is 265 Å². The van der Waals surface area contributed by atoms with Gasteiger partial charge < -0.3 is 14.6 Å². The van der Waals surface area contributed by atoms with Crippen LogP contribution in [0.5, 0.6) is 5.75 Å². The summed E-state index contributed by atoms with van der Waals surface area (Å²) in [6.07, 6.45) is 0.897. The Morgan fingerprint density at radius 3 is 2.37 bits per heavy atom. The molecular weight excluding hydrogens is 630 g/mol. The number of hydrogen-bond acceptors (Lipinski definition) is 6. The van der Waals surface area contributed by atoms with Crippen molar-refractivity contribution in [2.24, 2.45) is 4.99 Å². The molecule has 1 heterocycles. The van der Waals surface area contributed by atoms with Crippen LogP contribution in [0.15, 0.2) is 113 Å². The molecule has 0 fully saturated rings. The van der Waals surface area contributed by atoms with Gasteiger partial charge in [-0.2, -0.15) is 0 Å². The number of nitrogens with zero attached hydrogens (tertiary/aromatic N) is 1. The fourth-order valence-corrected chi connectivity index (χ4v) is 5.33. The Morgan fingerprint density at radius 1 is 0.953 bits per heavy atom. The molecule has 0 aliphatic carbocycles. The van der Waals surface area contributed by atoms with E-state index in [0.717, 1.165) is 26.7 Å². The van der Waals surface area contributed by atoms with Crippen LogP contribution in [0.25, 0.3) is 0 Å². The Morgan fingerprint density at radius 2 is 1.67 bits per heavy atom. The van der Waals surface area contributed by atoms with Gasteiger partial charge in [0.2, 0.25) is 5.90 Å². The predicted molar refractivity (Wildman–Crippen MR) is 172 cm³/mol. The summed E-state index contributed by atoms with van der Waals surface area (Å²) in [5, 5.41) is 9.72. The number of aliphatic hydroxyl groups excluding tert-OH is 1. The van der Waals surface area contributed by atoms with E-state index in [4.69, 9.17) is 31.2 Å². The number of benzene rings is 4. The Bertz CT molecular complexity index is 1520. The molecule has 0 aromatic heterocycles. The van der Waals surface area contributed by atoms with Crippen molar-refractivity contribution in [3.05, 3.63) is 135 Å². The molecule has 4 aromatic carbocycles. The van der Waals surface area contributed by atoms with Gasteiger partial charge in [-0.3, -0.25) is 10.2 Å². The molecule has 1 aliphatic heterocycles. The second kappa shape index (κ2) is 14.7. The molecule has 0 saturated heterocycles. The number of hydrazine groups is 1. The van der Waals surface area contributed by atoms with Gasteiger partial charge in [-0.15, -0.1) is 0 Å². The van der Waals surface area contributed by atoms with E-state index in [1.54, 1.807) is 0 Å². The molecule has 0 spiro atoms. The van der Waals surface area contributed by atoms with E-state index < -0.39 is 11.6 Å². The second-order valence-electron chi connectivity index (χ2n) is 10.3. The van der Waals surface area contributed by atoms with E-state index >= 15 is 0 Å². The minimum Gasteiger partial charge on any atom is -0.494 e. The number of rotatable bonds is 13. The maximum absolute atomic E-state index is 14.2. The van der Waals surface area contributed by atoms with Gasteiger partial charge in [-0.05, 0) is 71.6 Å². The maximum Gasteiger partial charge on any atom is 0.266 e. The van der Waals surface area contributed by atoms with Crippen molar-refractivity contribution in [1.82, 2.24) is 10.9 Å². The summed E-state index contributed by atoms with van der Waals surface area (Å²) in [6.45, 7) is 1.01. The number of halogens is 2. The zero-order valence-electron chi connectivity index (χ0n) is 23.5. The number of aliphatic hydroxyl groups is 1. The molecular formula is C34H33BrClN3O4. The molecule has 0 unspecified atom stereocenters. The SMILES string of the molecule is O=C(NNCCc1ccc(Cl)cc1)[C@@]1(Cc2ccccc2)N=C(c2ccc(OCCCO)cc2)O[C@H]1c1ccc(Br)cc1. The van der Waals surface area contributed by atoms with E-state index in [9.17, 15) is 4.79 Å². The molecule has 9 heteroatoms. The minimum absolute atomic E-state index is 0.0712. The van der Waals surface area contributed by atoms with Gasteiger partial charge in [0.05, 0.1) is 6.61 Å². The lowest BCUT2D eigenvalue weighted by Crippen LogP contribution is -2.54. The van der Waals surface area contributed by atoms with Gasteiger partial charge in [0, 0.05) is 41.1 Å². The lowest BCUT2D eigenvalue weighted by molar-refractivity contribution is -0.130. The van der Waals surface area contributed by atoms with Crippen LogP contribution in [0.2, 0.25) is 5.02 Å². The van der Waals surface area contributed by atoms with Crippen LogP contribution in [0.1, 0.15) is 34.8 Å². The molecule has 0 saturated carbocycles. The van der Waals surface area contributed by atoms with Crippen molar-refractivity contribution in [3.8, 4) is 5.75 Å². The zero-order chi connectivity index (χ0) is 30.1. The first kappa shape index (κ1) is 30.8. The highest BCUT2D eigenvalue weighted by atomic mass is 79.9. The fraction of sp³-hybridized carbons (Fsp3) is 0.235. The van der Waals surface area contributed by atoms with E-state index in [-0.39, 0.29) is 12.5 Å². The molecule has 0 radical (unpaired) electrons. The van der Waals surface area contributed by atoms with Crippen molar-refractivity contribution >= 4 is 39.3 Å². The molecule has 43 heavy (non-hydrogen) atoms. The van der Waals surface area contributed by atoms with E-state index in [2.05, 4.69) is 26.8 Å². The third-order valence-electron chi connectivity index (χ3n) is 7.17. The van der Waals surface area contributed by atoms with Crippen LogP contribution in [-0.2, 0) is 22.4 Å². The molecule has 1 aliphatic rings. The van der Waals surface area contributed by atoms with Gasteiger partial charge >= 0.3 is 0 Å². The van der Waals surface area contributed by atoms with Gasteiger partial charge in [-0.25, -0.2) is 10.4 Å². The standard InChI is InChI=1S/C34H33BrClN3O4/c35-28-13-9-26(10-14-28)31-34(23-25-5-2-1-3-6-25,33(41)39-37-20-19-24-7-15-29(36)16-8-24)38-32(43-31)27-11-17-30(18-12-27)42-22-4-21-40/h1-3,5-18,31,37,40H,4,19-23H2,(H,39,41)/t31-,34-/m0/s1. The van der Waals surface area contributed by atoms with Gasteiger partial charge in [0.25, 0.3) is 5.91 Å². The summed E-state index contributed by atoms with van der Waals surface area (Å²) in [6, 6.07) is 32.7. The quantitative estimate of drug-likeness (QED) is 0.117. The largest absolute Gasteiger partial charge is 0.494 e. The Balaban J connectivity index is 1.45. The first-order valence-corrected chi connectivity index (χ1v) is 15.3. The minimum atomic E-state index is -1.30.